The lowest BCUT2D eigenvalue weighted by molar-refractivity contribution is -0.921. The predicted molar refractivity (Wildman–Crippen MR) is 120 cm³/mol. The molecule has 3 rings (SSSR count). The van der Waals surface area contributed by atoms with Gasteiger partial charge < -0.3 is 20.3 Å². The quantitative estimate of drug-likeness (QED) is 0.598. The minimum Gasteiger partial charge on any atom is -0.370 e. The predicted octanol–water partition coefficient (Wildman–Crippen LogP) is 2.93. The van der Waals surface area contributed by atoms with Gasteiger partial charge in [-0.1, -0.05) is 49.7 Å². The van der Waals surface area contributed by atoms with E-state index < -0.39 is 0 Å². The van der Waals surface area contributed by atoms with Crippen molar-refractivity contribution in [2.45, 2.75) is 39.3 Å². The molecular formula is C23H32N3OS+. The Kier molecular flexibility index (Phi) is 8.27. The van der Waals surface area contributed by atoms with Gasteiger partial charge in [0.15, 0.2) is 5.11 Å². The van der Waals surface area contributed by atoms with Crippen molar-refractivity contribution in [2.75, 3.05) is 31.6 Å². The van der Waals surface area contributed by atoms with Gasteiger partial charge in [0.1, 0.15) is 19.6 Å². The first-order valence-electron chi connectivity index (χ1n) is 10.4. The second-order valence-corrected chi connectivity index (χ2v) is 7.82. The fourth-order valence-corrected chi connectivity index (χ4v) is 3.69. The molecule has 2 aromatic carbocycles. The number of hydrogen-bond acceptors (Lipinski definition) is 2. The molecule has 2 aromatic rings. The summed E-state index contributed by atoms with van der Waals surface area (Å²) in [5.74, 6) is 0. The molecule has 150 valence electrons. The van der Waals surface area contributed by atoms with Crippen LogP contribution in [0.15, 0.2) is 48.5 Å². The summed E-state index contributed by atoms with van der Waals surface area (Å²) in [5, 5.41) is 7.32. The maximum atomic E-state index is 5.50. The van der Waals surface area contributed by atoms with E-state index in [0.29, 0.717) is 5.11 Å². The Morgan fingerprint density at radius 3 is 2.46 bits per heavy atom. The lowest BCUT2D eigenvalue weighted by atomic mass is 10.1. The second kappa shape index (κ2) is 11.1. The maximum absolute atomic E-state index is 5.50. The van der Waals surface area contributed by atoms with Gasteiger partial charge >= 0.3 is 0 Å². The molecule has 0 atom stereocenters. The number of benzene rings is 2. The average molecular weight is 399 g/mol. The van der Waals surface area contributed by atoms with Crippen molar-refractivity contribution in [3.63, 3.8) is 0 Å². The van der Waals surface area contributed by atoms with Crippen LogP contribution in [0, 0.1) is 0 Å². The van der Waals surface area contributed by atoms with E-state index in [1.807, 2.05) is 0 Å². The van der Waals surface area contributed by atoms with Crippen LogP contribution in [0.25, 0.3) is 0 Å². The molecule has 1 aliphatic heterocycles. The van der Waals surface area contributed by atoms with Crippen LogP contribution in [-0.2, 0) is 24.2 Å². The second-order valence-electron chi connectivity index (χ2n) is 7.42. The minimum absolute atomic E-state index is 0.662. The first-order chi connectivity index (χ1) is 13.7. The summed E-state index contributed by atoms with van der Waals surface area (Å²) >= 11 is 5.50. The van der Waals surface area contributed by atoms with Gasteiger partial charge in [-0.2, -0.15) is 0 Å². The van der Waals surface area contributed by atoms with Crippen LogP contribution in [-0.4, -0.2) is 31.4 Å². The Labute approximate surface area is 174 Å². The minimum atomic E-state index is 0.662. The number of anilines is 1. The molecule has 28 heavy (non-hydrogen) atoms. The molecule has 0 bridgehead atoms. The SMILES string of the molecule is CCCCc1ccc(NC(=S)NCc2ccccc2C[NH+]2CCOCC2)cc1. The molecule has 0 unspecified atom stereocenters. The van der Waals surface area contributed by atoms with Crippen molar-refractivity contribution in [1.29, 1.82) is 0 Å². The van der Waals surface area contributed by atoms with Crippen LogP contribution in [0.5, 0.6) is 0 Å². The topological polar surface area (TPSA) is 37.7 Å². The third-order valence-corrected chi connectivity index (χ3v) is 5.48. The number of quaternary nitrogens is 1. The highest BCUT2D eigenvalue weighted by Crippen LogP contribution is 2.12. The molecule has 0 amide bonds. The number of ether oxygens (including phenoxy) is 1. The van der Waals surface area contributed by atoms with Gasteiger partial charge in [0.2, 0.25) is 0 Å². The van der Waals surface area contributed by atoms with E-state index in [2.05, 4.69) is 66.1 Å². The Balaban J connectivity index is 1.50. The molecule has 1 heterocycles. The van der Waals surface area contributed by atoms with E-state index in [0.717, 1.165) is 51.5 Å². The zero-order valence-corrected chi connectivity index (χ0v) is 17.6. The van der Waals surface area contributed by atoms with Crippen molar-refractivity contribution >= 4 is 23.0 Å². The standard InChI is InChI=1S/C23H31N3OS/c1-2-3-6-19-9-11-22(12-10-19)25-23(28)24-17-20-7-4-5-8-21(20)18-26-13-15-27-16-14-26/h4-5,7-12H,2-3,6,13-18H2,1H3,(H2,24,25,28)/p+1. The van der Waals surface area contributed by atoms with Crippen molar-refractivity contribution in [1.82, 2.24) is 5.32 Å². The average Bonchev–Trinajstić information content (AvgIpc) is 2.73. The van der Waals surface area contributed by atoms with Crippen LogP contribution in [0.3, 0.4) is 0 Å². The van der Waals surface area contributed by atoms with Crippen LogP contribution in [0.1, 0.15) is 36.5 Å². The number of hydrogen-bond donors (Lipinski definition) is 3. The summed E-state index contributed by atoms with van der Waals surface area (Å²) in [5.41, 5.74) is 5.10. The summed E-state index contributed by atoms with van der Waals surface area (Å²) in [6.45, 7) is 7.88. The number of unbranched alkanes of at least 4 members (excludes halogenated alkanes) is 1. The molecule has 0 aromatic heterocycles. The molecule has 4 nitrogen and oxygen atoms in total. The van der Waals surface area contributed by atoms with Crippen LogP contribution >= 0.6 is 12.2 Å². The van der Waals surface area contributed by atoms with Crippen LogP contribution < -0.4 is 15.5 Å². The van der Waals surface area contributed by atoms with E-state index in [4.69, 9.17) is 17.0 Å². The summed E-state index contributed by atoms with van der Waals surface area (Å²) < 4.78 is 5.47. The Hall–Kier alpha value is -1.95. The fourth-order valence-electron chi connectivity index (χ4n) is 3.50. The summed E-state index contributed by atoms with van der Waals surface area (Å²) in [6, 6.07) is 17.2. The molecule has 0 aliphatic carbocycles. The van der Waals surface area contributed by atoms with Crippen molar-refractivity contribution in [3.05, 3.63) is 65.2 Å². The van der Waals surface area contributed by atoms with E-state index in [-0.39, 0.29) is 0 Å². The van der Waals surface area contributed by atoms with Crippen molar-refractivity contribution in [3.8, 4) is 0 Å². The third-order valence-electron chi connectivity index (χ3n) is 5.23. The van der Waals surface area contributed by atoms with Crippen molar-refractivity contribution < 1.29 is 9.64 Å². The zero-order valence-electron chi connectivity index (χ0n) is 16.8. The summed E-state index contributed by atoms with van der Waals surface area (Å²) in [4.78, 5) is 1.59. The molecule has 3 N–H and O–H groups in total. The first kappa shape index (κ1) is 20.8. The summed E-state index contributed by atoms with van der Waals surface area (Å²) in [7, 11) is 0. The van der Waals surface area contributed by atoms with Gasteiger partial charge in [0.05, 0.1) is 13.2 Å². The number of aryl methyl sites for hydroxylation is 1. The molecule has 0 spiro atoms. The number of rotatable bonds is 8. The van der Waals surface area contributed by atoms with E-state index in [1.165, 1.54) is 29.5 Å². The molecule has 1 aliphatic rings. The highest BCUT2D eigenvalue weighted by Gasteiger charge is 2.15. The van der Waals surface area contributed by atoms with Gasteiger partial charge in [0.25, 0.3) is 0 Å². The highest BCUT2D eigenvalue weighted by molar-refractivity contribution is 7.80. The zero-order chi connectivity index (χ0) is 19.6. The Morgan fingerprint density at radius 2 is 1.75 bits per heavy atom. The molecule has 1 saturated heterocycles. The monoisotopic (exact) mass is 398 g/mol. The van der Waals surface area contributed by atoms with E-state index >= 15 is 0 Å². The normalized spacial score (nSPS) is 14.6. The Morgan fingerprint density at radius 1 is 1.04 bits per heavy atom. The van der Waals surface area contributed by atoms with Gasteiger partial charge in [-0.3, -0.25) is 0 Å². The molecular weight excluding hydrogens is 366 g/mol. The van der Waals surface area contributed by atoms with Gasteiger partial charge in [-0.05, 0) is 48.3 Å². The third kappa shape index (κ3) is 6.59. The van der Waals surface area contributed by atoms with Crippen molar-refractivity contribution in [2.24, 2.45) is 0 Å². The number of morpholine rings is 1. The molecule has 5 heteroatoms. The molecule has 0 saturated carbocycles. The number of thiocarbonyl (C=S) groups is 1. The first-order valence-corrected chi connectivity index (χ1v) is 10.8. The van der Waals surface area contributed by atoms with Gasteiger partial charge in [-0.25, -0.2) is 0 Å². The molecule has 1 fully saturated rings. The fraction of sp³-hybridized carbons (Fsp3) is 0.435. The Bertz CT molecular complexity index is 742. The lowest BCUT2D eigenvalue weighted by Crippen LogP contribution is -3.12. The highest BCUT2D eigenvalue weighted by atomic mass is 32.1. The number of nitrogens with one attached hydrogen (secondary N) is 3. The van der Waals surface area contributed by atoms with Gasteiger partial charge in [0, 0.05) is 17.8 Å². The summed E-state index contributed by atoms with van der Waals surface area (Å²) in [6.07, 6.45) is 3.60. The van der Waals surface area contributed by atoms with E-state index in [9.17, 15) is 0 Å². The largest absolute Gasteiger partial charge is 0.370 e. The van der Waals surface area contributed by atoms with Crippen LogP contribution in [0.4, 0.5) is 5.69 Å². The molecule has 0 radical (unpaired) electrons. The van der Waals surface area contributed by atoms with E-state index in [1.54, 1.807) is 4.90 Å². The smallest absolute Gasteiger partial charge is 0.171 e. The van der Waals surface area contributed by atoms with Crippen LogP contribution in [0.2, 0.25) is 0 Å². The lowest BCUT2D eigenvalue weighted by Gasteiger charge is -2.24. The maximum Gasteiger partial charge on any atom is 0.171 e. The van der Waals surface area contributed by atoms with Gasteiger partial charge in [-0.15, -0.1) is 0 Å².